The highest BCUT2D eigenvalue weighted by atomic mass is 15.1. The first-order chi connectivity index (χ1) is 9.65. The second-order valence-electron chi connectivity index (χ2n) is 5.27. The first-order valence-corrected chi connectivity index (χ1v) is 7.66. The normalized spacial score (nSPS) is 10.8. The number of rotatable bonds is 10. The van der Waals surface area contributed by atoms with Crippen molar-refractivity contribution in [1.82, 2.24) is 14.9 Å². The third-order valence-corrected chi connectivity index (χ3v) is 2.98. The van der Waals surface area contributed by atoms with E-state index in [2.05, 4.69) is 53.4 Å². The number of anilines is 2. The Morgan fingerprint density at radius 2 is 1.65 bits per heavy atom. The molecular weight excluding hydrogens is 250 g/mol. The molecule has 0 aromatic carbocycles. The van der Waals surface area contributed by atoms with E-state index in [9.17, 15) is 0 Å². The quantitative estimate of drug-likeness (QED) is 0.645. The van der Waals surface area contributed by atoms with E-state index in [-0.39, 0.29) is 0 Å². The zero-order valence-corrected chi connectivity index (χ0v) is 13.4. The highest BCUT2D eigenvalue weighted by Crippen LogP contribution is 2.12. The highest BCUT2D eigenvalue weighted by molar-refractivity contribution is 5.47. The maximum atomic E-state index is 4.52. The van der Waals surface area contributed by atoms with E-state index >= 15 is 0 Å². The fraction of sp³-hybridized carbons (Fsp3) is 0.733. The minimum absolute atomic E-state index is 0.858. The van der Waals surface area contributed by atoms with Crippen LogP contribution in [0.3, 0.4) is 0 Å². The Labute approximate surface area is 123 Å². The Hall–Kier alpha value is -1.36. The zero-order valence-electron chi connectivity index (χ0n) is 13.4. The fourth-order valence-electron chi connectivity index (χ4n) is 1.86. The first kappa shape index (κ1) is 16.7. The van der Waals surface area contributed by atoms with Crippen molar-refractivity contribution in [2.24, 2.45) is 0 Å². The van der Waals surface area contributed by atoms with E-state index in [4.69, 9.17) is 0 Å². The van der Waals surface area contributed by atoms with Gasteiger partial charge in [0.15, 0.2) is 0 Å². The summed E-state index contributed by atoms with van der Waals surface area (Å²) in [5.41, 5.74) is 0. The molecule has 0 fully saturated rings. The van der Waals surface area contributed by atoms with Gasteiger partial charge in [0, 0.05) is 25.6 Å². The van der Waals surface area contributed by atoms with E-state index in [1.165, 1.54) is 6.42 Å². The lowest BCUT2D eigenvalue weighted by Crippen LogP contribution is -2.14. The first-order valence-electron chi connectivity index (χ1n) is 7.66. The number of hydrogen-bond acceptors (Lipinski definition) is 5. The molecule has 1 heterocycles. The van der Waals surface area contributed by atoms with Gasteiger partial charge in [-0.15, -0.1) is 0 Å². The molecule has 0 aliphatic carbocycles. The lowest BCUT2D eigenvalue weighted by Gasteiger charge is -2.11. The molecule has 0 unspecified atom stereocenters. The molecule has 5 nitrogen and oxygen atoms in total. The van der Waals surface area contributed by atoms with Crippen molar-refractivity contribution in [3.63, 3.8) is 0 Å². The Morgan fingerprint density at radius 3 is 2.20 bits per heavy atom. The molecule has 0 saturated heterocycles. The number of aromatic nitrogens is 2. The average Bonchev–Trinajstić information content (AvgIpc) is 2.44. The van der Waals surface area contributed by atoms with Crippen molar-refractivity contribution in [2.75, 3.05) is 44.4 Å². The van der Waals surface area contributed by atoms with Gasteiger partial charge >= 0.3 is 0 Å². The van der Waals surface area contributed by atoms with Crippen molar-refractivity contribution >= 4 is 11.6 Å². The van der Waals surface area contributed by atoms with Gasteiger partial charge in [0.1, 0.15) is 17.5 Å². The van der Waals surface area contributed by atoms with Gasteiger partial charge in [-0.05, 0) is 39.9 Å². The third-order valence-electron chi connectivity index (χ3n) is 2.98. The summed E-state index contributed by atoms with van der Waals surface area (Å²) in [7, 11) is 4.22. The fourth-order valence-corrected chi connectivity index (χ4v) is 1.86. The Morgan fingerprint density at radius 1 is 1.00 bits per heavy atom. The van der Waals surface area contributed by atoms with E-state index in [0.717, 1.165) is 56.4 Å². The SMILES string of the molecule is CCCNc1cc(NCCCCN(C)C)nc(CC)n1. The Balaban J connectivity index is 2.46. The van der Waals surface area contributed by atoms with Gasteiger partial charge in [-0.3, -0.25) is 0 Å². The molecule has 0 atom stereocenters. The van der Waals surface area contributed by atoms with Crippen molar-refractivity contribution in [3.05, 3.63) is 11.9 Å². The molecule has 0 amide bonds. The number of unbranched alkanes of at least 4 members (excludes halogenated alkanes) is 1. The van der Waals surface area contributed by atoms with Crippen LogP contribution in [0.2, 0.25) is 0 Å². The van der Waals surface area contributed by atoms with Crippen molar-refractivity contribution in [2.45, 2.75) is 39.5 Å². The van der Waals surface area contributed by atoms with Crippen LogP contribution in [-0.4, -0.2) is 48.6 Å². The maximum absolute atomic E-state index is 4.52. The summed E-state index contributed by atoms with van der Waals surface area (Å²) < 4.78 is 0. The van der Waals surface area contributed by atoms with Crippen LogP contribution in [-0.2, 0) is 6.42 Å². The molecule has 1 aromatic rings. The van der Waals surface area contributed by atoms with Crippen LogP contribution in [0.4, 0.5) is 11.6 Å². The smallest absolute Gasteiger partial charge is 0.132 e. The third kappa shape index (κ3) is 6.70. The van der Waals surface area contributed by atoms with E-state index in [0.29, 0.717) is 0 Å². The second-order valence-corrected chi connectivity index (χ2v) is 5.27. The Bertz CT molecular complexity index is 379. The number of nitrogens with zero attached hydrogens (tertiary/aromatic N) is 3. The van der Waals surface area contributed by atoms with Crippen LogP contribution in [0, 0.1) is 0 Å². The monoisotopic (exact) mass is 279 g/mol. The predicted octanol–water partition coefficient (Wildman–Crippen LogP) is 2.61. The van der Waals surface area contributed by atoms with Crippen LogP contribution in [0.1, 0.15) is 38.9 Å². The minimum atomic E-state index is 0.858. The molecule has 0 spiro atoms. The van der Waals surface area contributed by atoms with Gasteiger partial charge in [0.2, 0.25) is 0 Å². The number of nitrogens with one attached hydrogen (secondary N) is 2. The number of hydrogen-bond donors (Lipinski definition) is 2. The van der Waals surface area contributed by atoms with Gasteiger partial charge in [-0.1, -0.05) is 13.8 Å². The largest absolute Gasteiger partial charge is 0.370 e. The molecule has 0 saturated carbocycles. The summed E-state index contributed by atoms with van der Waals surface area (Å²) in [4.78, 5) is 11.2. The molecule has 20 heavy (non-hydrogen) atoms. The molecule has 5 heteroatoms. The molecule has 0 radical (unpaired) electrons. The van der Waals surface area contributed by atoms with Crippen LogP contribution in [0.25, 0.3) is 0 Å². The molecule has 1 rings (SSSR count). The predicted molar refractivity (Wildman–Crippen MR) is 86.5 cm³/mol. The van der Waals surface area contributed by atoms with Crippen LogP contribution >= 0.6 is 0 Å². The van der Waals surface area contributed by atoms with Gasteiger partial charge in [0.25, 0.3) is 0 Å². The molecule has 1 aromatic heterocycles. The summed E-state index contributed by atoms with van der Waals surface area (Å²) in [6.07, 6.45) is 4.31. The maximum Gasteiger partial charge on any atom is 0.132 e. The van der Waals surface area contributed by atoms with E-state index in [1.54, 1.807) is 0 Å². The van der Waals surface area contributed by atoms with E-state index < -0.39 is 0 Å². The van der Waals surface area contributed by atoms with Crippen LogP contribution in [0.15, 0.2) is 6.07 Å². The minimum Gasteiger partial charge on any atom is -0.370 e. The topological polar surface area (TPSA) is 53.1 Å². The molecule has 0 aliphatic heterocycles. The standard InChI is InChI=1S/C15H29N5/c1-5-9-16-14-12-15(19-13(6-2)18-14)17-10-7-8-11-20(3)4/h12H,5-11H2,1-4H3,(H2,16,17,18,19). The summed E-state index contributed by atoms with van der Waals surface area (Å²) in [5.74, 6) is 2.75. The van der Waals surface area contributed by atoms with Gasteiger partial charge in [-0.25, -0.2) is 9.97 Å². The van der Waals surface area contributed by atoms with Crippen LogP contribution in [0.5, 0.6) is 0 Å². The lowest BCUT2D eigenvalue weighted by molar-refractivity contribution is 0.396. The molecule has 0 aliphatic rings. The van der Waals surface area contributed by atoms with Gasteiger partial charge in [0.05, 0.1) is 0 Å². The molecule has 2 N–H and O–H groups in total. The van der Waals surface area contributed by atoms with Crippen LogP contribution < -0.4 is 10.6 Å². The summed E-state index contributed by atoms with van der Waals surface area (Å²) >= 11 is 0. The molecule has 0 bridgehead atoms. The molecular formula is C15H29N5. The molecule has 114 valence electrons. The Kier molecular flexibility index (Phi) is 7.95. The lowest BCUT2D eigenvalue weighted by atomic mass is 10.3. The van der Waals surface area contributed by atoms with Gasteiger partial charge < -0.3 is 15.5 Å². The zero-order chi connectivity index (χ0) is 14.8. The average molecular weight is 279 g/mol. The van der Waals surface area contributed by atoms with Crippen molar-refractivity contribution in [1.29, 1.82) is 0 Å². The van der Waals surface area contributed by atoms with Gasteiger partial charge in [-0.2, -0.15) is 0 Å². The highest BCUT2D eigenvalue weighted by Gasteiger charge is 2.02. The van der Waals surface area contributed by atoms with Crippen molar-refractivity contribution in [3.8, 4) is 0 Å². The number of aryl methyl sites for hydroxylation is 1. The summed E-state index contributed by atoms with van der Waals surface area (Å²) in [6.45, 7) is 7.28. The summed E-state index contributed by atoms with van der Waals surface area (Å²) in [6, 6.07) is 2.00. The summed E-state index contributed by atoms with van der Waals surface area (Å²) in [5, 5.41) is 6.73. The van der Waals surface area contributed by atoms with Crippen molar-refractivity contribution < 1.29 is 0 Å². The van der Waals surface area contributed by atoms with E-state index in [1.807, 2.05) is 6.07 Å². The second kappa shape index (κ2) is 9.53.